The largest absolute Gasteiger partial charge is 0.489 e. The fraction of sp³-hybridized carbons (Fsp3) is 0.167. The Labute approximate surface area is 124 Å². The molecule has 0 aliphatic rings. The third-order valence-electron chi connectivity index (χ3n) is 3.65. The second-order valence-electron chi connectivity index (χ2n) is 5.17. The molecule has 0 saturated heterocycles. The second-order valence-corrected chi connectivity index (χ2v) is 5.17. The van der Waals surface area contributed by atoms with Gasteiger partial charge in [0, 0.05) is 5.56 Å². The summed E-state index contributed by atoms with van der Waals surface area (Å²) < 4.78 is 5.89. The topological polar surface area (TPSA) is 37.9 Å². The molecule has 1 aromatic heterocycles. The van der Waals surface area contributed by atoms with Crippen LogP contribution in [-0.2, 0) is 6.61 Å². The first-order valence-corrected chi connectivity index (χ1v) is 7.02. The zero-order valence-corrected chi connectivity index (χ0v) is 12.3. The molecule has 0 bridgehead atoms. The highest BCUT2D eigenvalue weighted by atomic mass is 16.5. The van der Waals surface area contributed by atoms with E-state index in [0.29, 0.717) is 6.61 Å². The molecule has 106 valence electrons. The number of aromatic amines is 1. The fourth-order valence-electron chi connectivity index (χ4n) is 2.24. The van der Waals surface area contributed by atoms with E-state index in [1.54, 1.807) is 0 Å². The lowest BCUT2D eigenvalue weighted by atomic mass is 10.1. The lowest BCUT2D eigenvalue weighted by Crippen LogP contribution is -1.97. The van der Waals surface area contributed by atoms with Gasteiger partial charge in [0.05, 0.1) is 11.9 Å². The normalized spacial score (nSPS) is 10.6. The first kappa shape index (κ1) is 13.4. The van der Waals surface area contributed by atoms with E-state index < -0.39 is 0 Å². The third kappa shape index (κ3) is 2.97. The van der Waals surface area contributed by atoms with Gasteiger partial charge < -0.3 is 4.74 Å². The summed E-state index contributed by atoms with van der Waals surface area (Å²) in [4.78, 5) is 0. The molecule has 0 amide bonds. The lowest BCUT2D eigenvalue weighted by molar-refractivity contribution is 0.306. The molecule has 0 radical (unpaired) electrons. The number of aromatic nitrogens is 2. The summed E-state index contributed by atoms with van der Waals surface area (Å²) in [6.45, 7) is 4.70. The maximum Gasteiger partial charge on any atom is 0.120 e. The van der Waals surface area contributed by atoms with Gasteiger partial charge in [0.2, 0.25) is 0 Å². The third-order valence-corrected chi connectivity index (χ3v) is 3.65. The van der Waals surface area contributed by atoms with Gasteiger partial charge in [0.25, 0.3) is 0 Å². The minimum Gasteiger partial charge on any atom is -0.489 e. The molecule has 0 saturated carbocycles. The fourth-order valence-corrected chi connectivity index (χ4v) is 2.24. The quantitative estimate of drug-likeness (QED) is 0.773. The number of nitrogens with zero attached hydrogens (tertiary/aromatic N) is 1. The highest BCUT2D eigenvalue weighted by Crippen LogP contribution is 2.23. The number of rotatable bonds is 4. The van der Waals surface area contributed by atoms with Crippen LogP contribution in [0.15, 0.2) is 54.7 Å². The van der Waals surface area contributed by atoms with Crippen LogP contribution >= 0.6 is 0 Å². The van der Waals surface area contributed by atoms with Crippen LogP contribution < -0.4 is 4.74 Å². The van der Waals surface area contributed by atoms with E-state index in [-0.39, 0.29) is 0 Å². The first-order chi connectivity index (χ1) is 10.2. The van der Waals surface area contributed by atoms with Gasteiger partial charge in [-0.1, -0.05) is 36.4 Å². The summed E-state index contributed by atoms with van der Waals surface area (Å²) in [6.07, 6.45) is 1.82. The standard InChI is InChI=1S/C18H18N2O/c1-13-8-9-17(10-14(13)2)21-12-16-11-19-20-18(16)15-6-4-3-5-7-15/h3-11H,12H2,1-2H3,(H,19,20). The molecular formula is C18H18N2O. The predicted molar refractivity (Wildman–Crippen MR) is 84.3 cm³/mol. The van der Waals surface area contributed by atoms with Crippen LogP contribution in [0.3, 0.4) is 0 Å². The Kier molecular flexibility index (Phi) is 3.73. The number of hydrogen-bond donors (Lipinski definition) is 1. The van der Waals surface area contributed by atoms with Gasteiger partial charge in [-0.15, -0.1) is 0 Å². The molecule has 3 rings (SSSR count). The molecule has 1 N–H and O–H groups in total. The van der Waals surface area contributed by atoms with Gasteiger partial charge >= 0.3 is 0 Å². The molecule has 0 unspecified atom stereocenters. The van der Waals surface area contributed by atoms with Crippen molar-refractivity contribution in [1.82, 2.24) is 10.2 Å². The van der Waals surface area contributed by atoms with Gasteiger partial charge in [-0.2, -0.15) is 5.10 Å². The maximum absolute atomic E-state index is 5.89. The molecule has 21 heavy (non-hydrogen) atoms. The van der Waals surface area contributed by atoms with Crippen molar-refractivity contribution < 1.29 is 4.74 Å². The van der Waals surface area contributed by atoms with Crippen molar-refractivity contribution in [2.75, 3.05) is 0 Å². The molecule has 3 heteroatoms. The van der Waals surface area contributed by atoms with Crippen molar-refractivity contribution in [3.8, 4) is 17.0 Å². The summed E-state index contributed by atoms with van der Waals surface area (Å²) in [7, 11) is 0. The SMILES string of the molecule is Cc1ccc(OCc2cn[nH]c2-c2ccccc2)cc1C. The summed E-state index contributed by atoms with van der Waals surface area (Å²) in [5.74, 6) is 0.887. The Balaban J connectivity index is 1.77. The summed E-state index contributed by atoms with van der Waals surface area (Å²) in [5.41, 5.74) is 5.70. The Morgan fingerprint density at radius 1 is 1.00 bits per heavy atom. The minimum atomic E-state index is 0.503. The van der Waals surface area contributed by atoms with E-state index in [4.69, 9.17) is 4.74 Å². The van der Waals surface area contributed by atoms with Crippen LogP contribution in [0.4, 0.5) is 0 Å². The number of ether oxygens (including phenoxy) is 1. The van der Waals surface area contributed by atoms with Crippen LogP contribution in [0, 0.1) is 13.8 Å². The molecule has 3 aromatic rings. The molecule has 0 spiro atoms. The van der Waals surface area contributed by atoms with Gasteiger partial charge in [0.15, 0.2) is 0 Å². The average Bonchev–Trinajstić information content (AvgIpc) is 2.98. The molecule has 0 aliphatic heterocycles. The van der Waals surface area contributed by atoms with E-state index >= 15 is 0 Å². The smallest absolute Gasteiger partial charge is 0.120 e. The van der Waals surface area contributed by atoms with Crippen molar-refractivity contribution in [2.45, 2.75) is 20.5 Å². The Bertz CT molecular complexity index is 732. The van der Waals surface area contributed by atoms with Gasteiger partial charge in [-0.25, -0.2) is 0 Å². The molecule has 0 atom stereocenters. The molecule has 0 fully saturated rings. The average molecular weight is 278 g/mol. The monoisotopic (exact) mass is 278 g/mol. The van der Waals surface area contributed by atoms with Gasteiger partial charge in [-0.05, 0) is 42.7 Å². The van der Waals surface area contributed by atoms with E-state index in [9.17, 15) is 0 Å². The highest BCUT2D eigenvalue weighted by Gasteiger charge is 2.08. The van der Waals surface area contributed by atoms with Crippen LogP contribution in [0.2, 0.25) is 0 Å². The summed E-state index contributed by atoms with van der Waals surface area (Å²) >= 11 is 0. The zero-order chi connectivity index (χ0) is 14.7. The van der Waals surface area contributed by atoms with Crippen molar-refractivity contribution >= 4 is 0 Å². The second kappa shape index (κ2) is 5.83. The zero-order valence-electron chi connectivity index (χ0n) is 12.3. The minimum absolute atomic E-state index is 0.503. The summed E-state index contributed by atoms with van der Waals surface area (Å²) in [6, 6.07) is 16.3. The first-order valence-electron chi connectivity index (χ1n) is 7.02. The maximum atomic E-state index is 5.89. The van der Waals surface area contributed by atoms with Gasteiger partial charge in [-0.3, -0.25) is 5.10 Å². The molecule has 0 aliphatic carbocycles. The lowest BCUT2D eigenvalue weighted by Gasteiger charge is -2.08. The van der Waals surface area contributed by atoms with Crippen LogP contribution in [-0.4, -0.2) is 10.2 Å². The Hall–Kier alpha value is -2.55. The van der Waals surface area contributed by atoms with E-state index in [1.807, 2.05) is 30.5 Å². The number of H-pyrrole nitrogens is 1. The number of benzene rings is 2. The highest BCUT2D eigenvalue weighted by molar-refractivity contribution is 5.62. The summed E-state index contributed by atoms with van der Waals surface area (Å²) in [5, 5.41) is 7.19. The Morgan fingerprint density at radius 2 is 1.81 bits per heavy atom. The molecule has 3 nitrogen and oxygen atoms in total. The molecular weight excluding hydrogens is 260 g/mol. The van der Waals surface area contributed by atoms with E-state index in [2.05, 4.69) is 48.3 Å². The van der Waals surface area contributed by atoms with E-state index in [0.717, 1.165) is 22.6 Å². The Morgan fingerprint density at radius 3 is 2.57 bits per heavy atom. The van der Waals surface area contributed by atoms with Crippen molar-refractivity contribution in [3.05, 3.63) is 71.4 Å². The van der Waals surface area contributed by atoms with Crippen LogP contribution in [0.25, 0.3) is 11.3 Å². The predicted octanol–water partition coefficient (Wildman–Crippen LogP) is 4.27. The van der Waals surface area contributed by atoms with Crippen molar-refractivity contribution in [1.29, 1.82) is 0 Å². The number of hydrogen-bond acceptors (Lipinski definition) is 2. The van der Waals surface area contributed by atoms with Crippen LogP contribution in [0.1, 0.15) is 16.7 Å². The number of aryl methyl sites for hydroxylation is 2. The van der Waals surface area contributed by atoms with Crippen molar-refractivity contribution in [2.24, 2.45) is 0 Å². The van der Waals surface area contributed by atoms with E-state index in [1.165, 1.54) is 11.1 Å². The van der Waals surface area contributed by atoms with Crippen molar-refractivity contribution in [3.63, 3.8) is 0 Å². The number of nitrogens with one attached hydrogen (secondary N) is 1. The molecule has 2 aromatic carbocycles. The van der Waals surface area contributed by atoms with Crippen LogP contribution in [0.5, 0.6) is 5.75 Å². The van der Waals surface area contributed by atoms with Gasteiger partial charge in [0.1, 0.15) is 12.4 Å². The molecule has 1 heterocycles.